The van der Waals surface area contributed by atoms with E-state index in [1.807, 2.05) is 6.92 Å². The first-order valence-electron chi connectivity index (χ1n) is 5.74. The Labute approximate surface area is 100 Å². The molecule has 2 fully saturated rings. The van der Waals surface area contributed by atoms with Gasteiger partial charge in [-0.15, -0.1) is 0 Å². The summed E-state index contributed by atoms with van der Waals surface area (Å²) in [5.74, 6) is -0.766. The molecule has 1 N–H and O–H groups in total. The largest absolute Gasteiger partial charge is 0.374 e. The number of amides is 2. The van der Waals surface area contributed by atoms with Crippen LogP contribution in [-0.2, 0) is 19.1 Å². The van der Waals surface area contributed by atoms with Gasteiger partial charge in [-0.1, -0.05) is 0 Å². The molecule has 0 saturated carbocycles. The van der Waals surface area contributed by atoms with Crippen LogP contribution in [0.25, 0.3) is 0 Å². The van der Waals surface area contributed by atoms with Crippen molar-refractivity contribution in [3.8, 4) is 0 Å². The second kappa shape index (κ2) is 3.68. The van der Waals surface area contributed by atoms with Crippen LogP contribution in [0.2, 0.25) is 0 Å². The van der Waals surface area contributed by atoms with E-state index in [2.05, 4.69) is 5.32 Å². The highest BCUT2D eigenvalue weighted by Crippen LogP contribution is 2.49. The molecule has 0 aliphatic carbocycles. The van der Waals surface area contributed by atoms with Gasteiger partial charge < -0.3 is 19.7 Å². The number of fused-ring (bicyclic) bond motifs is 2. The average molecular weight is 242 g/mol. The Bertz CT molecular complexity index is 372. The topological polar surface area (TPSA) is 67.9 Å². The third-order valence-electron chi connectivity index (χ3n) is 3.66. The molecule has 0 radical (unpaired) electrons. The van der Waals surface area contributed by atoms with E-state index in [0.717, 1.165) is 0 Å². The van der Waals surface area contributed by atoms with Gasteiger partial charge in [0, 0.05) is 27.1 Å². The Kier molecular flexibility index (Phi) is 2.67. The van der Waals surface area contributed by atoms with E-state index in [1.165, 1.54) is 11.9 Å². The van der Waals surface area contributed by atoms with Gasteiger partial charge in [0.25, 0.3) is 17.4 Å². The fourth-order valence-electron chi connectivity index (χ4n) is 2.65. The molecule has 0 spiro atoms. The molecule has 0 aromatic carbocycles. The average Bonchev–Trinajstić information content (AvgIpc) is 2.70. The molecule has 2 aliphatic rings. The molecule has 0 unspecified atom stereocenters. The summed E-state index contributed by atoms with van der Waals surface area (Å²) in [7, 11) is 3.14. The molecule has 96 valence electrons. The van der Waals surface area contributed by atoms with Gasteiger partial charge in [-0.25, -0.2) is 0 Å². The summed E-state index contributed by atoms with van der Waals surface area (Å²) in [6.45, 7) is 4.08. The van der Waals surface area contributed by atoms with E-state index in [9.17, 15) is 9.59 Å². The minimum Gasteiger partial charge on any atom is -0.374 e. The fraction of sp³-hybridized carbons (Fsp3) is 0.818. The second-order valence-electron chi connectivity index (χ2n) is 4.60. The lowest BCUT2D eigenvalue weighted by molar-refractivity contribution is -0.161. The monoisotopic (exact) mass is 242 g/mol. The molecule has 2 amide bonds. The van der Waals surface area contributed by atoms with Crippen molar-refractivity contribution in [2.75, 3.05) is 20.7 Å². The molecule has 2 rings (SSSR count). The highest BCUT2D eigenvalue weighted by molar-refractivity contribution is 6.11. The third kappa shape index (κ3) is 1.34. The number of nitrogens with zero attached hydrogens (tertiary/aromatic N) is 1. The molecule has 2 heterocycles. The Balaban J connectivity index is 2.43. The Hall–Kier alpha value is -1.14. The number of carbonyl (C=O) groups is 2. The molecule has 6 heteroatoms. The number of nitrogens with one attached hydrogen (secondary N) is 1. The third-order valence-corrected chi connectivity index (χ3v) is 3.66. The zero-order valence-corrected chi connectivity index (χ0v) is 10.6. The predicted molar refractivity (Wildman–Crippen MR) is 59.1 cm³/mol. The van der Waals surface area contributed by atoms with E-state index < -0.39 is 23.3 Å². The van der Waals surface area contributed by atoms with E-state index in [0.29, 0.717) is 13.0 Å². The zero-order chi connectivity index (χ0) is 12.8. The summed E-state index contributed by atoms with van der Waals surface area (Å²) in [6.07, 6.45) is -0.00241. The second-order valence-corrected chi connectivity index (χ2v) is 4.60. The number of carbonyl (C=O) groups excluding carboxylic acids is 2. The molecule has 2 aliphatic heterocycles. The van der Waals surface area contributed by atoms with Gasteiger partial charge in [0.2, 0.25) is 0 Å². The van der Waals surface area contributed by atoms with Crippen molar-refractivity contribution in [1.82, 2.24) is 10.2 Å². The van der Waals surface area contributed by atoms with Gasteiger partial charge in [0.1, 0.15) is 11.8 Å². The summed E-state index contributed by atoms with van der Waals surface area (Å²) >= 11 is 0. The normalized spacial score (nSPS) is 39.9. The lowest BCUT2D eigenvalue weighted by Gasteiger charge is -2.34. The molecule has 2 bridgehead atoms. The number of likely N-dealkylation sites (tertiary alicyclic amines) is 1. The number of likely N-dealkylation sites (N-methyl/N-ethyl adjacent to an activating group) is 2. The summed E-state index contributed by atoms with van der Waals surface area (Å²) in [4.78, 5) is 25.7. The number of hydrogen-bond donors (Lipinski definition) is 1. The van der Waals surface area contributed by atoms with Crippen LogP contribution >= 0.6 is 0 Å². The van der Waals surface area contributed by atoms with Crippen molar-refractivity contribution in [3.63, 3.8) is 0 Å². The van der Waals surface area contributed by atoms with Crippen LogP contribution < -0.4 is 5.32 Å². The highest BCUT2D eigenvalue weighted by Gasteiger charge is 2.72. The van der Waals surface area contributed by atoms with E-state index in [-0.39, 0.29) is 5.91 Å². The van der Waals surface area contributed by atoms with Crippen LogP contribution in [0.5, 0.6) is 0 Å². The maximum Gasteiger partial charge on any atom is 0.269 e. The summed E-state index contributed by atoms with van der Waals surface area (Å²) in [5, 5.41) is 2.49. The predicted octanol–water partition coefficient (Wildman–Crippen LogP) is -0.515. The van der Waals surface area contributed by atoms with Crippen molar-refractivity contribution in [2.24, 2.45) is 0 Å². The number of ether oxygens (including phenoxy) is 2. The van der Waals surface area contributed by atoms with Crippen LogP contribution in [0.1, 0.15) is 20.3 Å². The first-order chi connectivity index (χ1) is 7.92. The minimum atomic E-state index is -1.51. The number of rotatable bonds is 3. The van der Waals surface area contributed by atoms with Gasteiger partial charge in [-0.05, 0) is 13.8 Å². The van der Waals surface area contributed by atoms with Crippen LogP contribution in [-0.4, -0.2) is 54.8 Å². The summed E-state index contributed by atoms with van der Waals surface area (Å²) in [6, 6.07) is 0. The molecular weight excluding hydrogens is 224 g/mol. The molecule has 3 atom stereocenters. The fourth-order valence-corrected chi connectivity index (χ4v) is 2.65. The Morgan fingerprint density at radius 3 is 2.82 bits per heavy atom. The molecule has 0 aromatic heterocycles. The number of hydrogen-bond acceptors (Lipinski definition) is 4. The van der Waals surface area contributed by atoms with E-state index >= 15 is 0 Å². The van der Waals surface area contributed by atoms with Gasteiger partial charge >= 0.3 is 0 Å². The first kappa shape index (κ1) is 12.3. The summed E-state index contributed by atoms with van der Waals surface area (Å²) in [5.41, 5.74) is -2.25. The lowest BCUT2D eigenvalue weighted by Crippen LogP contribution is -2.61. The minimum absolute atomic E-state index is 0.330. The van der Waals surface area contributed by atoms with Crippen molar-refractivity contribution >= 4 is 11.8 Å². The summed E-state index contributed by atoms with van der Waals surface area (Å²) < 4.78 is 11.2. The smallest absolute Gasteiger partial charge is 0.269 e. The van der Waals surface area contributed by atoms with Crippen LogP contribution in [0.3, 0.4) is 0 Å². The van der Waals surface area contributed by atoms with Gasteiger partial charge in [0.15, 0.2) is 0 Å². The lowest BCUT2D eigenvalue weighted by atomic mass is 9.88. The van der Waals surface area contributed by atoms with E-state index in [1.54, 1.807) is 14.0 Å². The van der Waals surface area contributed by atoms with E-state index in [4.69, 9.17) is 9.47 Å². The van der Waals surface area contributed by atoms with Gasteiger partial charge in [-0.2, -0.15) is 0 Å². The number of piperidine rings is 1. The van der Waals surface area contributed by atoms with Crippen LogP contribution in [0.4, 0.5) is 0 Å². The Morgan fingerprint density at radius 1 is 1.71 bits per heavy atom. The van der Waals surface area contributed by atoms with Crippen LogP contribution in [0.15, 0.2) is 0 Å². The highest BCUT2D eigenvalue weighted by atomic mass is 16.6. The van der Waals surface area contributed by atoms with Gasteiger partial charge in [0.05, 0.1) is 0 Å². The van der Waals surface area contributed by atoms with Gasteiger partial charge in [-0.3, -0.25) is 9.59 Å². The van der Waals surface area contributed by atoms with Crippen molar-refractivity contribution < 1.29 is 19.1 Å². The maximum atomic E-state index is 12.2. The Morgan fingerprint density at radius 2 is 2.35 bits per heavy atom. The molecule has 2 saturated heterocycles. The van der Waals surface area contributed by atoms with Crippen LogP contribution in [0, 0.1) is 0 Å². The molecule has 0 aromatic rings. The molecular formula is C11H18N2O4. The molecule has 6 nitrogen and oxygen atoms in total. The van der Waals surface area contributed by atoms with Crippen molar-refractivity contribution in [3.05, 3.63) is 0 Å². The molecule has 17 heavy (non-hydrogen) atoms. The SMILES string of the molecule is CCO[C@@H]1C[C@@]2(C)O[C@]1(C(=O)NC)C(=O)N2C. The van der Waals surface area contributed by atoms with Crippen molar-refractivity contribution in [2.45, 2.75) is 37.7 Å². The maximum absolute atomic E-state index is 12.2. The standard InChI is InChI=1S/C11H18N2O4/c1-5-16-7-6-10(2)13(4)9(15)11(7,17-10)8(14)12-3/h7H,5-6H2,1-4H3,(H,12,14)/t7-,10-,11-/m1/s1. The quantitative estimate of drug-likeness (QED) is 0.676. The van der Waals surface area contributed by atoms with Crippen molar-refractivity contribution in [1.29, 1.82) is 0 Å². The first-order valence-corrected chi connectivity index (χ1v) is 5.74. The zero-order valence-electron chi connectivity index (χ0n) is 10.6.